The molecular formula is C10H16N4O3S. The molecule has 4 N–H and O–H groups in total. The van der Waals surface area contributed by atoms with Gasteiger partial charge in [0.1, 0.15) is 6.04 Å². The van der Waals surface area contributed by atoms with Crippen LogP contribution in [0.1, 0.15) is 13.3 Å². The number of nitrogens with two attached hydrogens (primary N) is 1. The summed E-state index contributed by atoms with van der Waals surface area (Å²) in [5, 5.41) is 4.96. The van der Waals surface area contributed by atoms with Crippen molar-refractivity contribution in [3.8, 4) is 0 Å². The van der Waals surface area contributed by atoms with E-state index in [0.29, 0.717) is 19.5 Å². The molecule has 3 amide bonds. The lowest BCUT2D eigenvalue weighted by Crippen LogP contribution is -2.59. The van der Waals surface area contributed by atoms with Gasteiger partial charge in [0.25, 0.3) is 0 Å². The number of piperazine rings is 1. The molecule has 0 aromatic rings. The normalized spacial score (nSPS) is 19.1. The summed E-state index contributed by atoms with van der Waals surface area (Å²) in [4.78, 5) is 36.4. The van der Waals surface area contributed by atoms with Crippen LogP contribution in [0.5, 0.6) is 0 Å². The Hall–Kier alpha value is -1.70. The molecule has 0 spiro atoms. The summed E-state index contributed by atoms with van der Waals surface area (Å²) in [6.45, 7) is 2.42. The summed E-state index contributed by atoms with van der Waals surface area (Å²) in [6.07, 6.45) is 0.458. The predicted molar refractivity (Wildman–Crippen MR) is 68.6 cm³/mol. The zero-order valence-electron chi connectivity index (χ0n) is 10.1. The highest BCUT2D eigenvalue weighted by atomic mass is 32.1. The molecule has 1 saturated heterocycles. The Labute approximate surface area is 110 Å². The summed E-state index contributed by atoms with van der Waals surface area (Å²) < 4.78 is 0. The third-order valence-electron chi connectivity index (χ3n) is 2.60. The Balaban J connectivity index is 2.66. The van der Waals surface area contributed by atoms with Crippen LogP contribution in [0.2, 0.25) is 0 Å². The first-order valence-corrected chi connectivity index (χ1v) is 6.03. The lowest BCUT2D eigenvalue weighted by Gasteiger charge is -2.33. The molecule has 1 rings (SSSR count). The third-order valence-corrected chi connectivity index (χ3v) is 2.74. The standard InChI is InChI=1S/C10H16N4O3S/c1-2-6-8(15)12-3-4-14(6)10(17)9(16)13-5-7(11)18/h6H,2-5H2,1H3,(H2,11,18)(H,12,15)(H,13,16). The summed E-state index contributed by atoms with van der Waals surface area (Å²) in [5.41, 5.74) is 5.22. The van der Waals surface area contributed by atoms with Crippen molar-refractivity contribution in [1.82, 2.24) is 15.5 Å². The molecule has 7 nitrogen and oxygen atoms in total. The van der Waals surface area contributed by atoms with Crippen LogP contribution < -0.4 is 16.4 Å². The van der Waals surface area contributed by atoms with Gasteiger partial charge in [-0.15, -0.1) is 0 Å². The van der Waals surface area contributed by atoms with Gasteiger partial charge in [0.05, 0.1) is 11.5 Å². The number of carbonyl (C=O) groups is 3. The van der Waals surface area contributed by atoms with E-state index in [1.807, 2.05) is 0 Å². The summed E-state index contributed by atoms with van der Waals surface area (Å²) in [6, 6.07) is -0.596. The minimum Gasteiger partial charge on any atom is -0.392 e. The maximum Gasteiger partial charge on any atom is 0.312 e. The maximum atomic E-state index is 11.9. The van der Waals surface area contributed by atoms with E-state index in [9.17, 15) is 14.4 Å². The van der Waals surface area contributed by atoms with Crippen LogP contribution in [-0.2, 0) is 14.4 Å². The number of hydrogen-bond donors (Lipinski definition) is 3. The van der Waals surface area contributed by atoms with E-state index in [1.54, 1.807) is 6.92 Å². The number of nitrogens with zero attached hydrogens (tertiary/aromatic N) is 1. The number of nitrogens with one attached hydrogen (secondary N) is 2. The average molecular weight is 272 g/mol. The van der Waals surface area contributed by atoms with Gasteiger partial charge in [-0.2, -0.15) is 0 Å². The Morgan fingerprint density at radius 2 is 2.28 bits per heavy atom. The second kappa shape index (κ2) is 6.29. The van der Waals surface area contributed by atoms with E-state index in [0.717, 1.165) is 0 Å². The van der Waals surface area contributed by atoms with Gasteiger partial charge in [0.2, 0.25) is 5.91 Å². The molecule has 1 atom stereocenters. The number of hydrogen-bond acceptors (Lipinski definition) is 4. The zero-order valence-corrected chi connectivity index (χ0v) is 10.9. The number of carbonyl (C=O) groups excluding carboxylic acids is 3. The first-order chi connectivity index (χ1) is 8.47. The molecule has 1 heterocycles. The Bertz CT molecular complexity index is 385. The fourth-order valence-corrected chi connectivity index (χ4v) is 1.81. The smallest absolute Gasteiger partial charge is 0.312 e. The molecule has 8 heteroatoms. The van der Waals surface area contributed by atoms with Crippen molar-refractivity contribution in [2.75, 3.05) is 19.6 Å². The molecule has 1 aliphatic rings. The van der Waals surface area contributed by atoms with Crippen molar-refractivity contribution < 1.29 is 14.4 Å². The minimum atomic E-state index is -0.795. The third kappa shape index (κ3) is 3.39. The molecular weight excluding hydrogens is 256 g/mol. The van der Waals surface area contributed by atoms with Gasteiger partial charge in [-0.1, -0.05) is 19.1 Å². The molecule has 1 aliphatic heterocycles. The van der Waals surface area contributed by atoms with Crippen LogP contribution in [0, 0.1) is 0 Å². The van der Waals surface area contributed by atoms with Crippen molar-refractivity contribution >= 4 is 34.9 Å². The van der Waals surface area contributed by atoms with Gasteiger partial charge in [0, 0.05) is 13.1 Å². The molecule has 100 valence electrons. The van der Waals surface area contributed by atoms with Crippen molar-refractivity contribution in [2.24, 2.45) is 5.73 Å². The van der Waals surface area contributed by atoms with Gasteiger partial charge in [0.15, 0.2) is 0 Å². The van der Waals surface area contributed by atoms with Gasteiger partial charge in [-0.25, -0.2) is 0 Å². The van der Waals surface area contributed by atoms with Crippen LogP contribution in [0.4, 0.5) is 0 Å². The fourth-order valence-electron chi connectivity index (χ4n) is 1.74. The van der Waals surface area contributed by atoms with Crippen LogP contribution in [0.15, 0.2) is 0 Å². The second-order valence-electron chi connectivity index (χ2n) is 3.86. The topological polar surface area (TPSA) is 105 Å². The fraction of sp³-hybridized carbons (Fsp3) is 0.600. The van der Waals surface area contributed by atoms with Crippen LogP contribution in [0.25, 0.3) is 0 Å². The van der Waals surface area contributed by atoms with E-state index in [-0.39, 0.29) is 17.4 Å². The van der Waals surface area contributed by atoms with Crippen molar-refractivity contribution in [3.63, 3.8) is 0 Å². The monoisotopic (exact) mass is 272 g/mol. The lowest BCUT2D eigenvalue weighted by molar-refractivity contribution is -0.151. The van der Waals surface area contributed by atoms with Crippen LogP contribution in [0.3, 0.4) is 0 Å². The van der Waals surface area contributed by atoms with Gasteiger partial charge >= 0.3 is 11.8 Å². The van der Waals surface area contributed by atoms with E-state index < -0.39 is 17.9 Å². The van der Waals surface area contributed by atoms with Gasteiger partial charge < -0.3 is 21.3 Å². The van der Waals surface area contributed by atoms with E-state index in [4.69, 9.17) is 5.73 Å². The molecule has 18 heavy (non-hydrogen) atoms. The molecule has 0 radical (unpaired) electrons. The quantitative estimate of drug-likeness (QED) is 0.412. The van der Waals surface area contributed by atoms with Crippen molar-refractivity contribution in [1.29, 1.82) is 0 Å². The average Bonchev–Trinajstić information content (AvgIpc) is 2.34. The summed E-state index contributed by atoms with van der Waals surface area (Å²) in [5.74, 6) is -1.76. The first kappa shape index (κ1) is 14.4. The first-order valence-electron chi connectivity index (χ1n) is 5.62. The van der Waals surface area contributed by atoms with E-state index in [1.165, 1.54) is 4.90 Å². The Morgan fingerprint density at radius 3 is 2.83 bits per heavy atom. The Morgan fingerprint density at radius 1 is 1.61 bits per heavy atom. The highest BCUT2D eigenvalue weighted by Crippen LogP contribution is 2.08. The highest BCUT2D eigenvalue weighted by molar-refractivity contribution is 7.80. The molecule has 0 bridgehead atoms. The van der Waals surface area contributed by atoms with E-state index >= 15 is 0 Å². The van der Waals surface area contributed by atoms with E-state index in [2.05, 4.69) is 22.9 Å². The maximum absolute atomic E-state index is 11.9. The largest absolute Gasteiger partial charge is 0.392 e. The zero-order chi connectivity index (χ0) is 13.7. The van der Waals surface area contributed by atoms with Crippen LogP contribution >= 0.6 is 12.2 Å². The number of amides is 3. The second-order valence-corrected chi connectivity index (χ2v) is 4.39. The molecule has 0 saturated carbocycles. The SMILES string of the molecule is CCC1C(=O)NCCN1C(=O)C(=O)NCC(N)=S. The van der Waals surface area contributed by atoms with Crippen molar-refractivity contribution in [3.05, 3.63) is 0 Å². The predicted octanol–water partition coefficient (Wildman–Crippen LogP) is -1.87. The van der Waals surface area contributed by atoms with Crippen LogP contribution in [-0.4, -0.2) is 53.3 Å². The number of thiocarbonyl (C=S) groups is 1. The molecule has 1 unspecified atom stereocenters. The molecule has 1 fully saturated rings. The lowest BCUT2D eigenvalue weighted by atomic mass is 10.1. The summed E-state index contributed by atoms with van der Waals surface area (Å²) >= 11 is 4.60. The minimum absolute atomic E-state index is 0.0310. The van der Waals surface area contributed by atoms with Gasteiger partial charge in [-0.05, 0) is 6.42 Å². The number of rotatable bonds is 3. The molecule has 0 aromatic carbocycles. The van der Waals surface area contributed by atoms with Crippen molar-refractivity contribution in [2.45, 2.75) is 19.4 Å². The highest BCUT2D eigenvalue weighted by Gasteiger charge is 2.34. The Kier molecular flexibility index (Phi) is 5.02. The van der Waals surface area contributed by atoms with Gasteiger partial charge in [-0.3, -0.25) is 14.4 Å². The molecule has 0 aliphatic carbocycles. The summed E-state index contributed by atoms with van der Waals surface area (Å²) in [7, 11) is 0. The molecule has 0 aromatic heterocycles.